The van der Waals surface area contributed by atoms with Crippen molar-refractivity contribution in [1.29, 1.82) is 0 Å². The largest absolute Gasteiger partial charge is 0.263 e. The Hall–Kier alpha value is -2.32. The van der Waals surface area contributed by atoms with Crippen LogP contribution in [0, 0.1) is 6.92 Å². The van der Waals surface area contributed by atoms with E-state index in [0.29, 0.717) is 6.54 Å². The summed E-state index contributed by atoms with van der Waals surface area (Å²) in [6.07, 6.45) is 7.27. The summed E-state index contributed by atoms with van der Waals surface area (Å²) >= 11 is 0. The lowest BCUT2D eigenvalue weighted by Gasteiger charge is -2.34. The first-order valence-corrected chi connectivity index (χ1v) is 9.74. The van der Waals surface area contributed by atoms with Crippen molar-refractivity contribution in [2.75, 3.05) is 6.54 Å². The fourth-order valence-electron chi connectivity index (χ4n) is 3.39. The SMILES string of the molecule is Cc1cc([C@@H]2CCCCN2S(=O)(=O)c2cccnc2)nc2ccnn12. The summed E-state index contributed by atoms with van der Waals surface area (Å²) in [5.74, 6) is 0. The zero-order valence-electron chi connectivity index (χ0n) is 13.9. The zero-order valence-corrected chi connectivity index (χ0v) is 14.7. The first-order valence-electron chi connectivity index (χ1n) is 8.30. The molecule has 3 aromatic rings. The van der Waals surface area contributed by atoms with Crippen LogP contribution in [0.1, 0.15) is 36.7 Å². The zero-order chi connectivity index (χ0) is 17.4. The molecular formula is C17H19N5O2S. The third-order valence-corrected chi connectivity index (χ3v) is 6.49. The Morgan fingerprint density at radius 1 is 1.20 bits per heavy atom. The molecule has 1 fully saturated rings. The first-order chi connectivity index (χ1) is 12.1. The number of pyridine rings is 1. The van der Waals surface area contributed by atoms with Crippen molar-refractivity contribution < 1.29 is 8.42 Å². The van der Waals surface area contributed by atoms with E-state index in [1.807, 2.05) is 19.1 Å². The van der Waals surface area contributed by atoms with Crippen LogP contribution in [-0.2, 0) is 10.0 Å². The Balaban J connectivity index is 1.78. The maximum absolute atomic E-state index is 13.1. The highest BCUT2D eigenvalue weighted by atomic mass is 32.2. The summed E-state index contributed by atoms with van der Waals surface area (Å²) in [7, 11) is -3.60. The molecule has 130 valence electrons. The molecule has 25 heavy (non-hydrogen) atoms. The predicted molar refractivity (Wildman–Crippen MR) is 92.4 cm³/mol. The van der Waals surface area contributed by atoms with E-state index in [1.54, 1.807) is 33.3 Å². The van der Waals surface area contributed by atoms with Gasteiger partial charge >= 0.3 is 0 Å². The van der Waals surface area contributed by atoms with Crippen molar-refractivity contribution in [2.45, 2.75) is 37.1 Å². The monoisotopic (exact) mass is 357 g/mol. The molecule has 4 heterocycles. The Kier molecular flexibility index (Phi) is 4.01. The molecule has 0 aromatic carbocycles. The molecule has 1 aliphatic rings. The Morgan fingerprint density at radius 2 is 2.08 bits per heavy atom. The molecule has 8 heteroatoms. The molecule has 0 N–H and O–H groups in total. The molecule has 4 rings (SSSR count). The van der Waals surface area contributed by atoms with Gasteiger partial charge in [-0.25, -0.2) is 17.9 Å². The maximum Gasteiger partial charge on any atom is 0.245 e. The number of hydrogen-bond acceptors (Lipinski definition) is 5. The van der Waals surface area contributed by atoms with Crippen molar-refractivity contribution in [3.05, 3.63) is 54.2 Å². The van der Waals surface area contributed by atoms with E-state index >= 15 is 0 Å². The average molecular weight is 357 g/mol. The van der Waals surface area contributed by atoms with Crippen LogP contribution in [0.5, 0.6) is 0 Å². The molecule has 1 aliphatic heterocycles. The summed E-state index contributed by atoms with van der Waals surface area (Å²) in [5, 5.41) is 4.23. The maximum atomic E-state index is 13.1. The van der Waals surface area contributed by atoms with Gasteiger partial charge in [0, 0.05) is 30.7 Å². The molecule has 0 bridgehead atoms. The van der Waals surface area contributed by atoms with Crippen LogP contribution in [0.15, 0.2) is 47.8 Å². The van der Waals surface area contributed by atoms with E-state index in [0.717, 1.165) is 36.3 Å². The van der Waals surface area contributed by atoms with E-state index in [9.17, 15) is 8.42 Å². The number of aryl methyl sites for hydroxylation is 1. The minimum atomic E-state index is -3.60. The second kappa shape index (κ2) is 6.20. The summed E-state index contributed by atoms with van der Waals surface area (Å²) in [5.41, 5.74) is 2.45. The van der Waals surface area contributed by atoms with Crippen molar-refractivity contribution in [3.8, 4) is 0 Å². The second-order valence-electron chi connectivity index (χ2n) is 6.24. The first kappa shape index (κ1) is 16.2. The van der Waals surface area contributed by atoms with Crippen LogP contribution in [0.3, 0.4) is 0 Å². The van der Waals surface area contributed by atoms with Gasteiger partial charge in [-0.1, -0.05) is 6.42 Å². The second-order valence-corrected chi connectivity index (χ2v) is 8.13. The van der Waals surface area contributed by atoms with Gasteiger partial charge in [0.05, 0.1) is 17.9 Å². The van der Waals surface area contributed by atoms with Crippen molar-refractivity contribution in [2.24, 2.45) is 0 Å². The Labute approximate surface area is 146 Å². The number of aromatic nitrogens is 4. The van der Waals surface area contributed by atoms with Crippen LogP contribution < -0.4 is 0 Å². The van der Waals surface area contributed by atoms with Gasteiger partial charge in [-0.2, -0.15) is 9.40 Å². The van der Waals surface area contributed by atoms with Crippen LogP contribution >= 0.6 is 0 Å². The number of sulfonamides is 1. The van der Waals surface area contributed by atoms with Gasteiger partial charge in [0.1, 0.15) is 4.90 Å². The molecule has 0 radical (unpaired) electrons. The molecule has 0 aliphatic carbocycles. The van der Waals surface area contributed by atoms with Gasteiger partial charge in [0.25, 0.3) is 0 Å². The standard InChI is InChI=1S/C17H19N5O2S/c1-13-11-15(20-17-7-9-19-22(13)17)16-6-2-3-10-21(16)25(23,24)14-5-4-8-18-12-14/h4-5,7-9,11-12,16H,2-3,6,10H2,1H3/t16-/m0/s1. The van der Waals surface area contributed by atoms with Crippen LogP contribution in [-0.4, -0.2) is 38.8 Å². The van der Waals surface area contributed by atoms with Gasteiger partial charge in [0.2, 0.25) is 10.0 Å². The van der Waals surface area contributed by atoms with E-state index < -0.39 is 10.0 Å². The van der Waals surface area contributed by atoms with E-state index in [4.69, 9.17) is 0 Å². The smallest absolute Gasteiger partial charge is 0.245 e. The highest BCUT2D eigenvalue weighted by Gasteiger charge is 2.35. The lowest BCUT2D eigenvalue weighted by molar-refractivity contribution is 0.251. The molecule has 7 nitrogen and oxygen atoms in total. The normalized spacial score (nSPS) is 19.3. The summed E-state index contributed by atoms with van der Waals surface area (Å²) < 4.78 is 29.5. The third-order valence-electron chi connectivity index (χ3n) is 4.59. The number of rotatable bonds is 3. The highest BCUT2D eigenvalue weighted by molar-refractivity contribution is 7.89. The van der Waals surface area contributed by atoms with Gasteiger partial charge in [0.15, 0.2) is 5.65 Å². The average Bonchev–Trinajstić information content (AvgIpc) is 3.12. The van der Waals surface area contributed by atoms with E-state index in [2.05, 4.69) is 15.1 Å². The quantitative estimate of drug-likeness (QED) is 0.719. The summed E-state index contributed by atoms with van der Waals surface area (Å²) in [4.78, 5) is 8.84. The van der Waals surface area contributed by atoms with Gasteiger partial charge < -0.3 is 0 Å². The molecular weight excluding hydrogens is 338 g/mol. The van der Waals surface area contributed by atoms with Crippen LogP contribution in [0.4, 0.5) is 0 Å². The summed E-state index contributed by atoms with van der Waals surface area (Å²) in [6.45, 7) is 2.45. The lowest BCUT2D eigenvalue weighted by Crippen LogP contribution is -2.39. The van der Waals surface area contributed by atoms with E-state index in [-0.39, 0.29) is 10.9 Å². The molecule has 0 spiro atoms. The van der Waals surface area contributed by atoms with Crippen LogP contribution in [0.25, 0.3) is 5.65 Å². The molecule has 1 atom stereocenters. The van der Waals surface area contributed by atoms with E-state index in [1.165, 1.54) is 6.20 Å². The van der Waals surface area contributed by atoms with Crippen molar-refractivity contribution in [3.63, 3.8) is 0 Å². The predicted octanol–water partition coefficient (Wildman–Crippen LogP) is 2.35. The minimum absolute atomic E-state index is 0.226. The van der Waals surface area contributed by atoms with Gasteiger partial charge in [-0.3, -0.25) is 4.98 Å². The molecule has 0 saturated carbocycles. The minimum Gasteiger partial charge on any atom is -0.263 e. The lowest BCUT2D eigenvalue weighted by atomic mass is 10.0. The topological polar surface area (TPSA) is 80.5 Å². The Morgan fingerprint density at radius 3 is 2.88 bits per heavy atom. The number of hydrogen-bond donors (Lipinski definition) is 0. The number of piperidine rings is 1. The summed E-state index contributed by atoms with van der Waals surface area (Å²) in [6, 6.07) is 6.73. The molecule has 3 aromatic heterocycles. The molecule has 0 unspecified atom stereocenters. The van der Waals surface area contributed by atoms with Gasteiger partial charge in [-0.15, -0.1) is 0 Å². The highest BCUT2D eigenvalue weighted by Crippen LogP contribution is 2.34. The molecule has 0 amide bonds. The van der Waals surface area contributed by atoms with Crippen molar-refractivity contribution >= 4 is 15.7 Å². The fraction of sp³-hybridized carbons (Fsp3) is 0.353. The van der Waals surface area contributed by atoms with Crippen LogP contribution in [0.2, 0.25) is 0 Å². The van der Waals surface area contributed by atoms with Gasteiger partial charge in [-0.05, 0) is 38.0 Å². The number of fused-ring (bicyclic) bond motifs is 1. The fourth-order valence-corrected chi connectivity index (χ4v) is 5.02. The number of nitrogens with zero attached hydrogens (tertiary/aromatic N) is 5. The Bertz CT molecular complexity index is 1000. The molecule has 1 saturated heterocycles. The third kappa shape index (κ3) is 2.81. The van der Waals surface area contributed by atoms with Crippen molar-refractivity contribution in [1.82, 2.24) is 23.9 Å².